The minimum atomic E-state index is -0.575. The molecule has 0 aromatic heterocycles. The van der Waals surface area contributed by atoms with Gasteiger partial charge in [0.25, 0.3) is 0 Å². The summed E-state index contributed by atoms with van der Waals surface area (Å²) in [5.41, 5.74) is -0.303. The quantitative estimate of drug-likeness (QED) is 0.697. The summed E-state index contributed by atoms with van der Waals surface area (Å²) in [7, 11) is 0. The summed E-state index contributed by atoms with van der Waals surface area (Å²) >= 11 is 10.8. The van der Waals surface area contributed by atoms with E-state index in [9.17, 15) is 4.91 Å². The Morgan fingerprint density at radius 3 is 2.33 bits per heavy atom. The normalized spacial score (nSPS) is 9.83. The molecule has 0 aliphatic rings. The highest BCUT2D eigenvalue weighted by Gasteiger charge is 2.14. The maximum atomic E-state index is 10.0. The van der Waals surface area contributed by atoms with Crippen LogP contribution in [0.2, 0.25) is 10.0 Å². The summed E-state index contributed by atoms with van der Waals surface area (Å²) in [4.78, 5) is 10.0. The Morgan fingerprint density at radius 2 is 1.83 bits per heavy atom. The van der Waals surface area contributed by atoms with E-state index in [4.69, 9.17) is 33.4 Å². The molecule has 0 saturated heterocycles. The van der Waals surface area contributed by atoms with E-state index in [2.05, 4.69) is 5.18 Å². The Hall–Kier alpha value is -1.00. The van der Waals surface area contributed by atoms with Crippen molar-refractivity contribution in [1.82, 2.24) is 0 Å². The molecule has 0 aliphatic carbocycles. The van der Waals surface area contributed by atoms with Crippen LogP contribution in [-0.4, -0.2) is 10.2 Å². The van der Waals surface area contributed by atoms with Gasteiger partial charge in [0.05, 0.1) is 5.02 Å². The number of nitrogens with zero attached hydrogens (tertiary/aromatic N) is 1. The molecule has 6 heteroatoms. The van der Waals surface area contributed by atoms with Crippen LogP contribution >= 0.6 is 23.2 Å². The van der Waals surface area contributed by atoms with Crippen LogP contribution < -0.4 is 0 Å². The fourth-order valence-electron chi connectivity index (χ4n) is 0.656. The lowest BCUT2D eigenvalue weighted by Gasteiger charge is -2.02. The van der Waals surface area contributed by atoms with Gasteiger partial charge in [0.1, 0.15) is 5.02 Å². The second kappa shape index (κ2) is 3.16. The smallest absolute Gasteiger partial charge is 0.167 e. The summed E-state index contributed by atoms with van der Waals surface area (Å²) in [6.45, 7) is 0. The molecule has 1 aromatic rings. The monoisotopic (exact) mass is 207 g/mol. The van der Waals surface area contributed by atoms with E-state index in [-0.39, 0.29) is 15.7 Å². The molecule has 4 nitrogen and oxygen atoms in total. The van der Waals surface area contributed by atoms with Crippen LogP contribution in [0.4, 0.5) is 5.69 Å². The van der Waals surface area contributed by atoms with Crippen molar-refractivity contribution in [3.8, 4) is 11.5 Å². The molecule has 0 spiro atoms. The van der Waals surface area contributed by atoms with Gasteiger partial charge in [-0.1, -0.05) is 23.2 Å². The van der Waals surface area contributed by atoms with Crippen molar-refractivity contribution < 1.29 is 10.2 Å². The molecule has 12 heavy (non-hydrogen) atoms. The van der Waals surface area contributed by atoms with Crippen LogP contribution in [0, 0.1) is 4.91 Å². The Balaban J connectivity index is 3.49. The second-order valence-electron chi connectivity index (χ2n) is 1.98. The van der Waals surface area contributed by atoms with Crippen molar-refractivity contribution in [1.29, 1.82) is 0 Å². The molecule has 0 saturated carbocycles. The molecule has 1 rings (SSSR count). The topological polar surface area (TPSA) is 69.9 Å². The first-order chi connectivity index (χ1) is 5.57. The third-order valence-electron chi connectivity index (χ3n) is 1.25. The zero-order valence-electron chi connectivity index (χ0n) is 5.58. The van der Waals surface area contributed by atoms with Crippen LogP contribution in [0.1, 0.15) is 0 Å². The van der Waals surface area contributed by atoms with Crippen LogP contribution in [0.5, 0.6) is 11.5 Å². The number of hydrogen-bond donors (Lipinski definition) is 2. The first-order valence-corrected chi connectivity index (χ1v) is 3.56. The predicted octanol–water partition coefficient (Wildman–Crippen LogP) is 2.80. The van der Waals surface area contributed by atoms with E-state index in [1.165, 1.54) is 0 Å². The molecule has 0 amide bonds. The average molecular weight is 208 g/mol. The van der Waals surface area contributed by atoms with Crippen molar-refractivity contribution in [2.24, 2.45) is 5.18 Å². The Bertz CT molecular complexity index is 340. The minimum Gasteiger partial charge on any atom is -0.505 e. The molecule has 0 fully saturated rings. The van der Waals surface area contributed by atoms with Gasteiger partial charge in [0, 0.05) is 0 Å². The molecular formula is C6H3Cl2NO3. The summed E-state index contributed by atoms with van der Waals surface area (Å²) < 4.78 is 0. The van der Waals surface area contributed by atoms with Crippen molar-refractivity contribution in [2.45, 2.75) is 0 Å². The van der Waals surface area contributed by atoms with E-state index in [0.717, 1.165) is 6.07 Å². The van der Waals surface area contributed by atoms with Gasteiger partial charge in [0.2, 0.25) is 0 Å². The lowest BCUT2D eigenvalue weighted by Crippen LogP contribution is -1.74. The van der Waals surface area contributed by atoms with Crippen molar-refractivity contribution in [3.05, 3.63) is 21.0 Å². The number of aromatic hydroxyl groups is 2. The number of benzene rings is 1. The molecule has 2 N–H and O–H groups in total. The van der Waals surface area contributed by atoms with Gasteiger partial charge in [-0.25, -0.2) is 0 Å². The molecule has 0 heterocycles. The first-order valence-electron chi connectivity index (χ1n) is 2.81. The van der Waals surface area contributed by atoms with Crippen molar-refractivity contribution in [2.75, 3.05) is 0 Å². The second-order valence-corrected chi connectivity index (χ2v) is 2.77. The van der Waals surface area contributed by atoms with E-state index >= 15 is 0 Å². The molecule has 0 unspecified atom stereocenters. The summed E-state index contributed by atoms with van der Waals surface area (Å²) in [5, 5.41) is 20.0. The van der Waals surface area contributed by atoms with Gasteiger partial charge in [0.15, 0.2) is 17.2 Å². The van der Waals surface area contributed by atoms with Crippen molar-refractivity contribution in [3.63, 3.8) is 0 Å². The molecule has 0 radical (unpaired) electrons. The van der Waals surface area contributed by atoms with Gasteiger partial charge in [-0.3, -0.25) is 0 Å². The first kappa shape index (κ1) is 9.09. The maximum Gasteiger partial charge on any atom is 0.167 e. The third kappa shape index (κ3) is 1.31. The van der Waals surface area contributed by atoms with E-state index in [0.29, 0.717) is 0 Å². The zero-order valence-corrected chi connectivity index (χ0v) is 7.10. The predicted molar refractivity (Wildman–Crippen MR) is 45.2 cm³/mol. The summed E-state index contributed by atoms with van der Waals surface area (Å²) in [6.07, 6.45) is 0. The van der Waals surface area contributed by atoms with Gasteiger partial charge >= 0.3 is 0 Å². The van der Waals surface area contributed by atoms with Crippen LogP contribution in [-0.2, 0) is 0 Å². The highest BCUT2D eigenvalue weighted by molar-refractivity contribution is 6.38. The van der Waals surface area contributed by atoms with Crippen LogP contribution in [0.15, 0.2) is 11.2 Å². The lowest BCUT2D eigenvalue weighted by molar-refractivity contribution is 0.452. The Morgan fingerprint density at radius 1 is 1.25 bits per heavy atom. The van der Waals surface area contributed by atoms with Crippen LogP contribution in [0.25, 0.3) is 0 Å². The standard InChI is InChI=1S/C6H3Cl2NO3/c7-2-1-3(9-12)6(11)4(8)5(2)10/h1,10-11H. The molecule has 64 valence electrons. The largest absolute Gasteiger partial charge is 0.505 e. The van der Waals surface area contributed by atoms with Gasteiger partial charge < -0.3 is 10.2 Å². The molecular weight excluding hydrogens is 205 g/mol. The van der Waals surface area contributed by atoms with Gasteiger partial charge in [-0.15, -0.1) is 4.91 Å². The average Bonchev–Trinajstić information content (AvgIpc) is 2.08. The highest BCUT2D eigenvalue weighted by atomic mass is 35.5. The number of phenolic OH excluding ortho intramolecular Hbond substituents is 2. The molecule has 1 aromatic carbocycles. The fraction of sp³-hybridized carbons (Fsp3) is 0. The number of nitroso groups, excluding NO2 is 1. The lowest BCUT2D eigenvalue weighted by atomic mass is 10.3. The maximum absolute atomic E-state index is 10.0. The Kier molecular flexibility index (Phi) is 2.40. The summed E-state index contributed by atoms with van der Waals surface area (Å²) in [5.74, 6) is -1.04. The molecule has 0 bridgehead atoms. The fourth-order valence-corrected chi connectivity index (χ4v) is 1.10. The van der Waals surface area contributed by atoms with Crippen LogP contribution in [0.3, 0.4) is 0 Å². The summed E-state index contributed by atoms with van der Waals surface area (Å²) in [6, 6.07) is 1.02. The van der Waals surface area contributed by atoms with E-state index in [1.54, 1.807) is 0 Å². The number of halogens is 2. The van der Waals surface area contributed by atoms with E-state index < -0.39 is 11.5 Å². The SMILES string of the molecule is O=Nc1cc(Cl)c(O)c(Cl)c1O. The molecule has 0 atom stereocenters. The van der Waals surface area contributed by atoms with E-state index in [1.807, 2.05) is 0 Å². The van der Waals surface area contributed by atoms with Gasteiger partial charge in [-0.05, 0) is 11.2 Å². The third-order valence-corrected chi connectivity index (χ3v) is 1.89. The molecule has 0 aliphatic heterocycles. The minimum absolute atomic E-state index is 0.132. The zero-order chi connectivity index (χ0) is 9.30. The van der Waals surface area contributed by atoms with Gasteiger partial charge in [-0.2, -0.15) is 0 Å². The highest BCUT2D eigenvalue weighted by Crippen LogP contribution is 2.44. The number of hydrogen-bond acceptors (Lipinski definition) is 4. The Labute approximate surface area is 77.3 Å². The number of phenols is 2. The van der Waals surface area contributed by atoms with Crippen molar-refractivity contribution >= 4 is 28.9 Å². The number of rotatable bonds is 1.